The summed E-state index contributed by atoms with van der Waals surface area (Å²) in [6.07, 6.45) is 0. The van der Waals surface area contributed by atoms with Crippen molar-refractivity contribution in [1.29, 1.82) is 0 Å². The Kier molecular flexibility index (Phi) is 3.88. The van der Waals surface area contributed by atoms with Gasteiger partial charge in [-0.25, -0.2) is 9.82 Å². The molecule has 21 heavy (non-hydrogen) atoms. The van der Waals surface area contributed by atoms with Gasteiger partial charge in [-0.3, -0.25) is 5.84 Å². The molecule has 1 heterocycles. The third-order valence-electron chi connectivity index (χ3n) is 3.77. The molecule has 1 aliphatic rings. The molecule has 1 atom stereocenters. The van der Waals surface area contributed by atoms with Gasteiger partial charge in [-0.05, 0) is 22.8 Å². The van der Waals surface area contributed by atoms with Gasteiger partial charge in [0.25, 0.3) is 0 Å². The van der Waals surface area contributed by atoms with Crippen LogP contribution in [-0.2, 0) is 18.0 Å². The molecule has 5 heteroatoms. The molecule has 0 amide bonds. The average Bonchev–Trinajstić information content (AvgIpc) is 2.97. The summed E-state index contributed by atoms with van der Waals surface area (Å²) >= 11 is 0. The quantitative estimate of drug-likeness (QED) is 0.670. The Balaban J connectivity index is 2.02. The topological polar surface area (TPSA) is 56.5 Å². The third kappa shape index (κ3) is 2.51. The molecule has 1 aliphatic heterocycles. The lowest BCUT2D eigenvalue weighted by Crippen LogP contribution is -2.29. The molecule has 4 nitrogen and oxygen atoms in total. The minimum atomic E-state index is -0.439. The number of rotatable bonds is 4. The zero-order valence-corrected chi connectivity index (χ0v) is 11.7. The first-order valence-corrected chi connectivity index (χ1v) is 6.72. The minimum absolute atomic E-state index is 0.206. The molecule has 0 saturated carbocycles. The van der Waals surface area contributed by atoms with Gasteiger partial charge in [-0.15, -0.1) is 0 Å². The van der Waals surface area contributed by atoms with Crippen LogP contribution < -0.4 is 16.0 Å². The van der Waals surface area contributed by atoms with E-state index in [1.165, 1.54) is 12.7 Å². The summed E-state index contributed by atoms with van der Waals surface area (Å²) in [5.41, 5.74) is 6.32. The summed E-state index contributed by atoms with van der Waals surface area (Å²) in [5, 5.41) is 0. The van der Waals surface area contributed by atoms with Crippen LogP contribution in [0.1, 0.15) is 28.3 Å². The first-order valence-electron chi connectivity index (χ1n) is 6.72. The van der Waals surface area contributed by atoms with Crippen molar-refractivity contribution in [2.45, 2.75) is 19.3 Å². The van der Waals surface area contributed by atoms with E-state index in [1.54, 1.807) is 18.2 Å². The first-order chi connectivity index (χ1) is 10.2. The van der Waals surface area contributed by atoms with Gasteiger partial charge in [0.05, 0.1) is 26.4 Å². The summed E-state index contributed by atoms with van der Waals surface area (Å²) in [7, 11) is 1.44. The van der Waals surface area contributed by atoms with E-state index in [9.17, 15) is 4.39 Å². The van der Waals surface area contributed by atoms with E-state index in [2.05, 4.69) is 5.43 Å². The van der Waals surface area contributed by atoms with Gasteiger partial charge in [0, 0.05) is 5.56 Å². The highest BCUT2D eigenvalue weighted by Gasteiger charge is 2.21. The molecule has 0 fully saturated rings. The molecule has 2 aromatic rings. The van der Waals surface area contributed by atoms with Crippen LogP contribution in [0.2, 0.25) is 0 Å². The highest BCUT2D eigenvalue weighted by molar-refractivity contribution is 5.41. The number of hydrogen-bond acceptors (Lipinski definition) is 4. The maximum absolute atomic E-state index is 14.4. The molecule has 0 aliphatic carbocycles. The lowest BCUT2D eigenvalue weighted by molar-refractivity contribution is 0.134. The molecule has 0 spiro atoms. The zero-order valence-electron chi connectivity index (χ0n) is 11.7. The number of nitrogens with two attached hydrogens (primary N) is 1. The van der Waals surface area contributed by atoms with Crippen LogP contribution in [0.4, 0.5) is 4.39 Å². The summed E-state index contributed by atoms with van der Waals surface area (Å²) in [6, 6.07) is 10.5. The van der Waals surface area contributed by atoms with Gasteiger partial charge in [-0.1, -0.05) is 30.3 Å². The number of hydrogen-bond donors (Lipinski definition) is 2. The van der Waals surface area contributed by atoms with Crippen LogP contribution >= 0.6 is 0 Å². The molecule has 3 rings (SSSR count). The first kappa shape index (κ1) is 14.0. The van der Waals surface area contributed by atoms with Crippen LogP contribution in [0.25, 0.3) is 0 Å². The molecule has 2 aromatic carbocycles. The van der Waals surface area contributed by atoms with Crippen LogP contribution in [-0.4, -0.2) is 7.11 Å². The van der Waals surface area contributed by atoms with Crippen molar-refractivity contribution in [3.63, 3.8) is 0 Å². The van der Waals surface area contributed by atoms with E-state index in [1.807, 2.05) is 18.2 Å². The predicted octanol–water partition coefficient (Wildman–Crippen LogP) is 2.42. The Morgan fingerprint density at radius 3 is 2.81 bits per heavy atom. The number of nitrogens with one attached hydrogen (secondary N) is 1. The fraction of sp³-hybridized carbons (Fsp3) is 0.250. The molecule has 0 saturated heterocycles. The van der Waals surface area contributed by atoms with Crippen LogP contribution in [0.5, 0.6) is 5.75 Å². The molecule has 1 unspecified atom stereocenters. The van der Waals surface area contributed by atoms with E-state index >= 15 is 0 Å². The van der Waals surface area contributed by atoms with E-state index in [-0.39, 0.29) is 5.75 Å². The van der Waals surface area contributed by atoms with Crippen molar-refractivity contribution in [2.24, 2.45) is 5.84 Å². The second-order valence-corrected chi connectivity index (χ2v) is 4.98. The molecule has 110 valence electrons. The fourth-order valence-corrected chi connectivity index (χ4v) is 2.65. The van der Waals surface area contributed by atoms with Crippen molar-refractivity contribution in [1.82, 2.24) is 5.43 Å². The number of benzene rings is 2. The van der Waals surface area contributed by atoms with Crippen molar-refractivity contribution < 1.29 is 13.9 Å². The summed E-state index contributed by atoms with van der Waals surface area (Å²) in [5.74, 6) is 5.46. The van der Waals surface area contributed by atoms with Crippen molar-refractivity contribution in [3.05, 3.63) is 64.5 Å². The van der Waals surface area contributed by atoms with Crippen LogP contribution in [0.15, 0.2) is 36.4 Å². The SMILES string of the molecule is COc1cccc(C(NN)c2ccc3c(c2)COC3)c1F. The molecule has 0 aromatic heterocycles. The van der Waals surface area contributed by atoms with E-state index < -0.39 is 11.9 Å². The second kappa shape index (κ2) is 5.81. The molecule has 3 N–H and O–H groups in total. The Morgan fingerprint density at radius 1 is 1.24 bits per heavy atom. The van der Waals surface area contributed by atoms with E-state index in [0.717, 1.165) is 11.1 Å². The number of hydrazine groups is 1. The highest BCUT2D eigenvalue weighted by Crippen LogP contribution is 2.31. The van der Waals surface area contributed by atoms with Gasteiger partial charge in [0.1, 0.15) is 0 Å². The van der Waals surface area contributed by atoms with Crippen LogP contribution in [0.3, 0.4) is 0 Å². The molecular formula is C16H17FN2O2. The van der Waals surface area contributed by atoms with Gasteiger partial charge in [0.2, 0.25) is 0 Å². The van der Waals surface area contributed by atoms with Crippen molar-refractivity contribution in [3.8, 4) is 5.75 Å². The Labute approximate surface area is 122 Å². The largest absolute Gasteiger partial charge is 0.494 e. The molecule has 0 radical (unpaired) electrons. The smallest absolute Gasteiger partial charge is 0.170 e. The normalized spacial score (nSPS) is 14.8. The maximum Gasteiger partial charge on any atom is 0.170 e. The number of halogens is 1. The van der Waals surface area contributed by atoms with Gasteiger partial charge in [0.15, 0.2) is 11.6 Å². The Hall–Kier alpha value is -1.95. The van der Waals surface area contributed by atoms with E-state index in [4.69, 9.17) is 15.3 Å². The Morgan fingerprint density at radius 2 is 2.05 bits per heavy atom. The molecule has 0 bridgehead atoms. The van der Waals surface area contributed by atoms with Gasteiger partial charge >= 0.3 is 0 Å². The minimum Gasteiger partial charge on any atom is -0.494 e. The van der Waals surface area contributed by atoms with Crippen molar-refractivity contribution >= 4 is 0 Å². The Bertz CT molecular complexity index is 661. The predicted molar refractivity (Wildman–Crippen MR) is 77.1 cm³/mol. The molecular weight excluding hydrogens is 271 g/mol. The second-order valence-electron chi connectivity index (χ2n) is 4.98. The van der Waals surface area contributed by atoms with Gasteiger partial charge in [-0.2, -0.15) is 0 Å². The number of fused-ring (bicyclic) bond motifs is 1. The number of ether oxygens (including phenoxy) is 2. The third-order valence-corrected chi connectivity index (χ3v) is 3.77. The van der Waals surface area contributed by atoms with Crippen LogP contribution in [0, 0.1) is 5.82 Å². The fourth-order valence-electron chi connectivity index (χ4n) is 2.65. The van der Waals surface area contributed by atoms with Gasteiger partial charge < -0.3 is 9.47 Å². The van der Waals surface area contributed by atoms with E-state index in [0.29, 0.717) is 18.8 Å². The van der Waals surface area contributed by atoms with Crippen molar-refractivity contribution in [2.75, 3.05) is 7.11 Å². The summed E-state index contributed by atoms with van der Waals surface area (Å²) in [6.45, 7) is 1.21. The average molecular weight is 288 g/mol. The lowest BCUT2D eigenvalue weighted by Gasteiger charge is -2.19. The monoisotopic (exact) mass is 288 g/mol. The number of methoxy groups -OCH3 is 1. The standard InChI is InChI=1S/C16H17FN2O2/c1-20-14-4-2-3-13(15(14)17)16(19-18)10-5-6-11-8-21-9-12(11)7-10/h2-7,16,19H,8-9,18H2,1H3. The summed E-state index contributed by atoms with van der Waals surface area (Å²) < 4.78 is 24.9. The summed E-state index contributed by atoms with van der Waals surface area (Å²) in [4.78, 5) is 0. The zero-order chi connectivity index (χ0) is 14.8. The maximum atomic E-state index is 14.4. The lowest BCUT2D eigenvalue weighted by atomic mass is 9.95. The highest BCUT2D eigenvalue weighted by atomic mass is 19.1.